The van der Waals surface area contributed by atoms with Crippen LogP contribution in [0.15, 0.2) is 72.8 Å². The Balaban J connectivity index is 1.54. The number of rotatable bonds is 8. The number of nitrogens with zero attached hydrogens (tertiary/aromatic N) is 2. The Bertz CT molecular complexity index is 1240. The highest BCUT2D eigenvalue weighted by molar-refractivity contribution is 6.30. The van der Waals surface area contributed by atoms with E-state index in [1.807, 2.05) is 30.3 Å². The maximum absolute atomic E-state index is 14.4. The first kappa shape index (κ1) is 26.6. The van der Waals surface area contributed by atoms with Gasteiger partial charge in [0, 0.05) is 49.6 Å². The molecule has 0 bridgehead atoms. The maximum Gasteiger partial charge on any atom is 0.256 e. The minimum atomic E-state index is -0.905. The Kier molecular flexibility index (Phi) is 8.44. The number of carbonyl (C=O) groups excluding carboxylic acids is 2. The van der Waals surface area contributed by atoms with E-state index in [9.17, 15) is 18.4 Å². The SMILES string of the molecule is CN(Cc1ccccc1)C(=O)C[C@@]1(COc2ccc(Cl)cc2)CCCN(C(=O)c2ccc(F)cc2F)C1. The van der Waals surface area contributed by atoms with Gasteiger partial charge in [-0.25, -0.2) is 8.78 Å². The van der Waals surface area contributed by atoms with Crippen molar-refractivity contribution in [1.29, 1.82) is 0 Å². The molecule has 0 radical (unpaired) electrons. The molecular formula is C29H29ClF2N2O3. The van der Waals surface area contributed by atoms with Gasteiger partial charge in [-0.3, -0.25) is 9.59 Å². The van der Waals surface area contributed by atoms with Crippen molar-refractivity contribution in [3.8, 4) is 5.75 Å². The number of likely N-dealkylation sites (tertiary alicyclic amines) is 1. The van der Waals surface area contributed by atoms with Crippen molar-refractivity contribution in [1.82, 2.24) is 9.80 Å². The molecule has 0 N–H and O–H groups in total. The van der Waals surface area contributed by atoms with Crippen LogP contribution in [0.25, 0.3) is 0 Å². The average Bonchev–Trinajstić information content (AvgIpc) is 2.89. The number of hydrogen-bond acceptors (Lipinski definition) is 3. The van der Waals surface area contributed by atoms with Gasteiger partial charge in [-0.1, -0.05) is 41.9 Å². The van der Waals surface area contributed by atoms with E-state index in [-0.39, 0.29) is 31.0 Å². The highest BCUT2D eigenvalue weighted by Crippen LogP contribution is 2.36. The third-order valence-corrected chi connectivity index (χ3v) is 6.94. The number of amides is 2. The first-order valence-electron chi connectivity index (χ1n) is 12.2. The second-order valence-electron chi connectivity index (χ2n) is 9.61. The van der Waals surface area contributed by atoms with Gasteiger partial charge >= 0.3 is 0 Å². The zero-order valence-electron chi connectivity index (χ0n) is 20.6. The summed E-state index contributed by atoms with van der Waals surface area (Å²) in [5.74, 6) is -1.66. The number of ether oxygens (including phenoxy) is 1. The molecule has 4 rings (SSSR count). The molecule has 1 saturated heterocycles. The molecule has 3 aromatic carbocycles. The molecule has 2 amide bonds. The standard InChI is InChI=1S/C29H29ClF2N2O3/c1-33(18-21-6-3-2-4-7-21)27(35)17-29(20-37-24-11-8-22(30)9-12-24)14-5-15-34(19-29)28(36)25-13-10-23(31)16-26(25)32/h2-4,6-13,16H,5,14-15,17-20H2,1H3/t29-/m0/s1. The predicted octanol–water partition coefficient (Wildman–Crippen LogP) is 5.97. The normalized spacial score (nSPS) is 17.4. The molecule has 3 aromatic rings. The van der Waals surface area contributed by atoms with Crippen LogP contribution in [0.1, 0.15) is 35.2 Å². The molecule has 0 aliphatic carbocycles. The summed E-state index contributed by atoms with van der Waals surface area (Å²) < 4.78 is 33.9. The summed E-state index contributed by atoms with van der Waals surface area (Å²) in [6.45, 7) is 1.26. The molecule has 5 nitrogen and oxygen atoms in total. The van der Waals surface area contributed by atoms with E-state index in [2.05, 4.69) is 0 Å². The van der Waals surface area contributed by atoms with E-state index in [0.29, 0.717) is 42.8 Å². The minimum absolute atomic E-state index is 0.0779. The van der Waals surface area contributed by atoms with Gasteiger partial charge in [0.15, 0.2) is 0 Å². The van der Waals surface area contributed by atoms with Crippen LogP contribution < -0.4 is 4.74 Å². The summed E-state index contributed by atoms with van der Waals surface area (Å²) in [4.78, 5) is 29.8. The lowest BCUT2D eigenvalue weighted by Gasteiger charge is -2.43. The van der Waals surface area contributed by atoms with Gasteiger partial charge in [-0.2, -0.15) is 0 Å². The maximum atomic E-state index is 14.4. The number of benzene rings is 3. The van der Waals surface area contributed by atoms with Gasteiger partial charge in [0.1, 0.15) is 17.4 Å². The molecule has 0 spiro atoms. The molecule has 1 heterocycles. The first-order chi connectivity index (χ1) is 17.7. The Morgan fingerprint density at radius 2 is 1.78 bits per heavy atom. The fraction of sp³-hybridized carbons (Fsp3) is 0.310. The second-order valence-corrected chi connectivity index (χ2v) is 10.0. The van der Waals surface area contributed by atoms with Crippen LogP contribution in [0.3, 0.4) is 0 Å². The summed E-state index contributed by atoms with van der Waals surface area (Å²) in [6, 6.07) is 19.6. The lowest BCUT2D eigenvalue weighted by atomic mass is 9.77. The van der Waals surface area contributed by atoms with Gasteiger partial charge in [-0.15, -0.1) is 0 Å². The lowest BCUT2D eigenvalue weighted by molar-refractivity contribution is -0.134. The van der Waals surface area contributed by atoms with Crippen LogP contribution in [0.5, 0.6) is 5.75 Å². The van der Waals surface area contributed by atoms with Gasteiger partial charge in [-0.05, 0) is 54.8 Å². The topological polar surface area (TPSA) is 49.9 Å². The zero-order chi connectivity index (χ0) is 26.4. The van der Waals surface area contributed by atoms with Crippen molar-refractivity contribution in [2.75, 3.05) is 26.7 Å². The van der Waals surface area contributed by atoms with Crippen LogP contribution in [-0.2, 0) is 11.3 Å². The second kappa shape index (κ2) is 11.7. The van der Waals surface area contributed by atoms with Crippen molar-refractivity contribution in [3.63, 3.8) is 0 Å². The summed E-state index contributed by atoms with van der Waals surface area (Å²) >= 11 is 5.99. The van der Waals surface area contributed by atoms with Crippen molar-refractivity contribution in [3.05, 3.63) is 101 Å². The molecule has 0 unspecified atom stereocenters. The molecule has 1 fully saturated rings. The summed E-state index contributed by atoms with van der Waals surface area (Å²) in [7, 11) is 1.75. The van der Waals surface area contributed by atoms with Gasteiger partial charge < -0.3 is 14.5 Å². The Morgan fingerprint density at radius 3 is 2.49 bits per heavy atom. The van der Waals surface area contributed by atoms with Crippen molar-refractivity contribution in [2.24, 2.45) is 5.41 Å². The monoisotopic (exact) mass is 526 g/mol. The van der Waals surface area contributed by atoms with Crippen molar-refractivity contribution >= 4 is 23.4 Å². The van der Waals surface area contributed by atoms with Gasteiger partial charge in [0.25, 0.3) is 5.91 Å². The molecular weight excluding hydrogens is 498 g/mol. The predicted molar refractivity (Wildman–Crippen MR) is 138 cm³/mol. The highest BCUT2D eigenvalue weighted by Gasteiger charge is 2.41. The van der Waals surface area contributed by atoms with Crippen LogP contribution >= 0.6 is 11.6 Å². The summed E-state index contributed by atoms with van der Waals surface area (Å²) in [5.41, 5.74) is 0.131. The van der Waals surface area contributed by atoms with E-state index >= 15 is 0 Å². The summed E-state index contributed by atoms with van der Waals surface area (Å²) in [6.07, 6.45) is 1.43. The fourth-order valence-electron chi connectivity index (χ4n) is 4.70. The van der Waals surface area contributed by atoms with Gasteiger partial charge in [0.2, 0.25) is 5.91 Å². The molecule has 1 aliphatic heterocycles. The van der Waals surface area contributed by atoms with Crippen LogP contribution in [0.4, 0.5) is 8.78 Å². The fourth-order valence-corrected chi connectivity index (χ4v) is 4.82. The largest absolute Gasteiger partial charge is 0.493 e. The Labute approximate surface area is 220 Å². The third-order valence-electron chi connectivity index (χ3n) is 6.68. The Morgan fingerprint density at radius 1 is 1.05 bits per heavy atom. The number of hydrogen-bond donors (Lipinski definition) is 0. The molecule has 1 atom stereocenters. The average molecular weight is 527 g/mol. The van der Waals surface area contributed by atoms with E-state index < -0.39 is 23.0 Å². The van der Waals surface area contributed by atoms with Crippen LogP contribution in [-0.4, -0.2) is 48.4 Å². The Hall–Kier alpha value is -3.45. The van der Waals surface area contributed by atoms with E-state index in [0.717, 1.165) is 17.7 Å². The van der Waals surface area contributed by atoms with Crippen LogP contribution in [0, 0.1) is 17.0 Å². The molecule has 37 heavy (non-hydrogen) atoms. The lowest BCUT2D eigenvalue weighted by Crippen LogP contribution is -2.50. The van der Waals surface area contributed by atoms with E-state index in [1.54, 1.807) is 36.2 Å². The smallest absolute Gasteiger partial charge is 0.256 e. The minimum Gasteiger partial charge on any atom is -0.493 e. The van der Waals surface area contributed by atoms with Crippen LogP contribution in [0.2, 0.25) is 5.02 Å². The molecule has 194 valence electrons. The molecule has 0 aromatic heterocycles. The third kappa shape index (κ3) is 6.86. The van der Waals surface area contributed by atoms with Crippen molar-refractivity contribution in [2.45, 2.75) is 25.8 Å². The number of carbonyl (C=O) groups is 2. The zero-order valence-corrected chi connectivity index (χ0v) is 21.4. The molecule has 1 aliphatic rings. The first-order valence-corrected chi connectivity index (χ1v) is 12.5. The highest BCUT2D eigenvalue weighted by atomic mass is 35.5. The number of piperidine rings is 1. The van der Waals surface area contributed by atoms with E-state index in [1.165, 1.54) is 4.90 Å². The quantitative estimate of drug-likeness (QED) is 0.363. The summed E-state index contributed by atoms with van der Waals surface area (Å²) in [5, 5.41) is 0.579. The van der Waals surface area contributed by atoms with Crippen molar-refractivity contribution < 1.29 is 23.1 Å². The van der Waals surface area contributed by atoms with Gasteiger partial charge in [0.05, 0.1) is 12.2 Å². The van der Waals surface area contributed by atoms with E-state index in [4.69, 9.17) is 16.3 Å². The molecule has 0 saturated carbocycles. The number of halogens is 3. The molecule has 8 heteroatoms.